The highest BCUT2D eigenvalue weighted by molar-refractivity contribution is 5.98. The summed E-state index contributed by atoms with van der Waals surface area (Å²) in [5.74, 6) is 0.106. The molecule has 7 aliphatic rings. The van der Waals surface area contributed by atoms with E-state index in [1.54, 1.807) is 17.2 Å². The number of allylic oxidation sites excluding steroid dienone is 1. The van der Waals surface area contributed by atoms with Crippen LogP contribution in [0.3, 0.4) is 0 Å². The van der Waals surface area contributed by atoms with Crippen molar-refractivity contribution in [3.8, 4) is 0 Å². The number of fused-ring (bicyclic) bond motifs is 11. The van der Waals surface area contributed by atoms with Gasteiger partial charge in [-0.25, -0.2) is 0 Å². The predicted molar refractivity (Wildman–Crippen MR) is 106 cm³/mol. The van der Waals surface area contributed by atoms with Gasteiger partial charge in [-0.3, -0.25) is 4.79 Å². The van der Waals surface area contributed by atoms with Crippen molar-refractivity contribution in [1.29, 1.82) is 0 Å². The molecule has 4 heterocycles. The highest BCUT2D eigenvalue weighted by atomic mass is 16.5. The van der Waals surface area contributed by atoms with E-state index in [1.165, 1.54) is 50.5 Å². The van der Waals surface area contributed by atoms with E-state index in [4.69, 9.17) is 9.47 Å². The van der Waals surface area contributed by atoms with Crippen LogP contribution in [0.15, 0.2) is 46.6 Å². The molecule has 0 radical (unpaired) electrons. The third-order valence-electron chi connectivity index (χ3n) is 9.17. The van der Waals surface area contributed by atoms with Crippen molar-refractivity contribution in [2.24, 2.45) is 10.8 Å². The monoisotopic (exact) mass is 376 g/mol. The average molecular weight is 376 g/mol. The molecule has 28 heavy (non-hydrogen) atoms. The molecule has 3 heteroatoms. The van der Waals surface area contributed by atoms with E-state index in [-0.39, 0.29) is 29.5 Å². The van der Waals surface area contributed by atoms with Crippen LogP contribution in [-0.4, -0.2) is 30.2 Å². The molecule has 0 unspecified atom stereocenters. The summed E-state index contributed by atoms with van der Waals surface area (Å²) < 4.78 is 13.5. The molecule has 3 aliphatic carbocycles. The number of hydrogen-bond donors (Lipinski definition) is 0. The van der Waals surface area contributed by atoms with E-state index < -0.39 is 0 Å². The number of ether oxygens (including phenoxy) is 2. The summed E-state index contributed by atoms with van der Waals surface area (Å²) in [5, 5.41) is 0. The molecule has 0 aromatic heterocycles. The summed E-state index contributed by atoms with van der Waals surface area (Å²) in [4.78, 5) is 12.5. The molecule has 1 saturated carbocycles. The molecular weight excluding hydrogens is 348 g/mol. The van der Waals surface area contributed by atoms with Crippen molar-refractivity contribution in [2.75, 3.05) is 0 Å². The summed E-state index contributed by atoms with van der Waals surface area (Å²) in [6, 6.07) is 0. The SMILES string of the molecule is O=C1C=C[C@H]2O[C@@H]1C1=C(CC=C1)[C@@]21CC[C@H]2O[C@@H]1C1=C(CCC1)C21CCCC1. The Morgan fingerprint density at radius 3 is 2.75 bits per heavy atom. The first-order valence-corrected chi connectivity index (χ1v) is 11.4. The van der Waals surface area contributed by atoms with Gasteiger partial charge in [-0.05, 0) is 74.2 Å². The third kappa shape index (κ3) is 1.74. The van der Waals surface area contributed by atoms with Gasteiger partial charge in [0.2, 0.25) is 0 Å². The number of hydrogen-bond acceptors (Lipinski definition) is 3. The molecule has 0 aromatic rings. The summed E-state index contributed by atoms with van der Waals surface area (Å²) in [5.41, 5.74) is 6.27. The second kappa shape index (κ2) is 5.37. The normalized spacial score (nSPS) is 44.8. The van der Waals surface area contributed by atoms with Gasteiger partial charge in [-0.1, -0.05) is 36.6 Å². The summed E-state index contributed by atoms with van der Waals surface area (Å²) >= 11 is 0. The highest BCUT2D eigenvalue weighted by Gasteiger charge is 2.64. The van der Waals surface area contributed by atoms with E-state index in [9.17, 15) is 4.79 Å². The maximum absolute atomic E-state index is 12.5. The van der Waals surface area contributed by atoms with Gasteiger partial charge >= 0.3 is 0 Å². The number of rotatable bonds is 0. The highest BCUT2D eigenvalue weighted by Crippen LogP contribution is 2.66. The fourth-order valence-electron chi connectivity index (χ4n) is 8.15. The minimum absolute atomic E-state index is 0.0215. The van der Waals surface area contributed by atoms with E-state index >= 15 is 0 Å². The lowest BCUT2D eigenvalue weighted by Crippen LogP contribution is -2.62. The zero-order valence-electron chi connectivity index (χ0n) is 16.4. The van der Waals surface area contributed by atoms with Gasteiger partial charge in [0.05, 0.1) is 23.7 Å². The molecule has 5 atom stereocenters. The fraction of sp³-hybridized carbons (Fsp3) is 0.640. The maximum Gasteiger partial charge on any atom is 0.188 e. The van der Waals surface area contributed by atoms with Crippen molar-refractivity contribution >= 4 is 5.78 Å². The molecule has 3 nitrogen and oxygen atoms in total. The topological polar surface area (TPSA) is 35.5 Å². The molecule has 4 bridgehead atoms. The Morgan fingerprint density at radius 2 is 1.86 bits per heavy atom. The molecular formula is C25H28O3. The molecule has 1 saturated heterocycles. The van der Waals surface area contributed by atoms with Gasteiger partial charge in [-0.2, -0.15) is 0 Å². The lowest BCUT2D eigenvalue weighted by atomic mass is 9.55. The molecule has 2 spiro atoms. The number of carbonyl (C=O) groups excluding carboxylic acids is 1. The second-order valence-electron chi connectivity index (χ2n) is 10.0. The zero-order valence-corrected chi connectivity index (χ0v) is 16.4. The van der Waals surface area contributed by atoms with Gasteiger partial charge in [-0.15, -0.1) is 0 Å². The Morgan fingerprint density at radius 1 is 0.964 bits per heavy atom. The zero-order chi connectivity index (χ0) is 18.5. The van der Waals surface area contributed by atoms with Crippen LogP contribution in [0.4, 0.5) is 0 Å². The van der Waals surface area contributed by atoms with Crippen LogP contribution >= 0.6 is 0 Å². The van der Waals surface area contributed by atoms with Crippen molar-refractivity contribution in [2.45, 2.75) is 88.6 Å². The van der Waals surface area contributed by atoms with Crippen LogP contribution in [0.5, 0.6) is 0 Å². The lowest BCUT2D eigenvalue weighted by Gasteiger charge is -2.60. The number of ketones is 1. The Labute approximate surface area is 166 Å². The van der Waals surface area contributed by atoms with Gasteiger partial charge < -0.3 is 9.47 Å². The summed E-state index contributed by atoms with van der Waals surface area (Å²) in [6.45, 7) is 0. The second-order valence-corrected chi connectivity index (χ2v) is 10.0. The first kappa shape index (κ1) is 16.4. The van der Waals surface area contributed by atoms with Gasteiger partial charge in [0.25, 0.3) is 0 Å². The Balaban J connectivity index is 1.43. The van der Waals surface area contributed by atoms with E-state index in [1.807, 2.05) is 0 Å². The minimum Gasteiger partial charge on any atom is -0.369 e. The van der Waals surface area contributed by atoms with Gasteiger partial charge in [0.1, 0.15) is 6.10 Å². The predicted octanol–water partition coefficient (Wildman–Crippen LogP) is 4.74. The molecule has 0 aromatic carbocycles. The van der Waals surface area contributed by atoms with E-state index in [2.05, 4.69) is 18.2 Å². The van der Waals surface area contributed by atoms with Crippen molar-refractivity contribution in [3.05, 3.63) is 46.6 Å². The standard InChI is InChI=1S/C25H28O3/c26-19-9-10-21-25(18-8-3-5-15(18)22(19)27-21)14-11-20-24(12-1-2-13-24)17-7-4-6-16(17)23(25)28-20/h3,5,9-10,20-23H,1-2,4,6-8,11-14H2/t20-,21-,22-,23-,25+/m1/s1. The van der Waals surface area contributed by atoms with Crippen LogP contribution in [0.2, 0.25) is 0 Å². The largest absolute Gasteiger partial charge is 0.369 e. The van der Waals surface area contributed by atoms with Crippen molar-refractivity contribution in [1.82, 2.24) is 0 Å². The Bertz CT molecular complexity index is 897. The van der Waals surface area contributed by atoms with Gasteiger partial charge in [0.15, 0.2) is 5.78 Å². The number of carbonyl (C=O) groups is 1. The van der Waals surface area contributed by atoms with Crippen LogP contribution in [0.25, 0.3) is 0 Å². The smallest absolute Gasteiger partial charge is 0.188 e. The van der Waals surface area contributed by atoms with Crippen LogP contribution in [-0.2, 0) is 14.3 Å². The Kier molecular flexibility index (Phi) is 3.14. The average Bonchev–Trinajstić information content (AvgIpc) is 3.47. The summed E-state index contributed by atoms with van der Waals surface area (Å²) in [6.07, 6.45) is 20.8. The lowest BCUT2D eigenvalue weighted by molar-refractivity contribution is -0.192. The molecule has 0 amide bonds. The van der Waals surface area contributed by atoms with E-state index in [0.29, 0.717) is 11.5 Å². The van der Waals surface area contributed by atoms with Gasteiger partial charge in [0, 0.05) is 5.41 Å². The fourth-order valence-corrected chi connectivity index (χ4v) is 8.15. The Hall–Kier alpha value is -1.45. The summed E-state index contributed by atoms with van der Waals surface area (Å²) in [7, 11) is 0. The van der Waals surface area contributed by atoms with Crippen molar-refractivity contribution in [3.63, 3.8) is 0 Å². The first-order valence-electron chi connectivity index (χ1n) is 11.4. The van der Waals surface area contributed by atoms with Crippen LogP contribution in [0.1, 0.15) is 64.2 Å². The van der Waals surface area contributed by atoms with E-state index in [0.717, 1.165) is 24.8 Å². The molecule has 146 valence electrons. The maximum atomic E-state index is 12.5. The molecule has 2 fully saturated rings. The quantitative estimate of drug-likeness (QED) is 0.573. The van der Waals surface area contributed by atoms with Crippen LogP contribution in [0, 0.1) is 10.8 Å². The van der Waals surface area contributed by atoms with Crippen LogP contribution < -0.4 is 0 Å². The molecule has 4 aliphatic heterocycles. The molecule has 7 rings (SSSR count). The van der Waals surface area contributed by atoms with Crippen molar-refractivity contribution < 1.29 is 14.3 Å². The third-order valence-corrected chi connectivity index (χ3v) is 9.17. The first-order chi connectivity index (χ1) is 13.7. The minimum atomic E-state index is -0.381. The molecule has 0 N–H and O–H groups in total.